The van der Waals surface area contributed by atoms with E-state index in [-0.39, 0.29) is 17.6 Å². The molecule has 6 nitrogen and oxygen atoms in total. The van der Waals surface area contributed by atoms with Gasteiger partial charge in [0, 0.05) is 24.1 Å². The van der Waals surface area contributed by atoms with Crippen LogP contribution in [0.4, 0.5) is 10.5 Å². The lowest BCUT2D eigenvalue weighted by atomic mass is 9.71. The van der Waals surface area contributed by atoms with Crippen LogP contribution >= 0.6 is 0 Å². The van der Waals surface area contributed by atoms with E-state index in [1.165, 1.54) is 12.1 Å². The lowest BCUT2D eigenvalue weighted by Crippen LogP contribution is -2.40. The van der Waals surface area contributed by atoms with Gasteiger partial charge in [-0.2, -0.15) is 0 Å². The van der Waals surface area contributed by atoms with Crippen LogP contribution in [0.15, 0.2) is 24.3 Å². The van der Waals surface area contributed by atoms with Crippen LogP contribution in [0.2, 0.25) is 0 Å². The molecule has 0 aliphatic carbocycles. The van der Waals surface area contributed by atoms with Crippen LogP contribution in [0.25, 0.3) is 0 Å². The summed E-state index contributed by atoms with van der Waals surface area (Å²) in [4.78, 5) is 21.1. The van der Waals surface area contributed by atoms with Crippen molar-refractivity contribution < 1.29 is 14.8 Å². The fourth-order valence-electron chi connectivity index (χ4n) is 2.69. The van der Waals surface area contributed by atoms with Crippen LogP contribution in [-0.4, -0.2) is 22.7 Å². The third-order valence-electron chi connectivity index (χ3n) is 3.33. The first-order valence-electron chi connectivity index (χ1n) is 6.75. The third kappa shape index (κ3) is 5.06. The highest BCUT2D eigenvalue weighted by atomic mass is 16.6. The first-order valence-corrected chi connectivity index (χ1v) is 6.75. The van der Waals surface area contributed by atoms with Crippen molar-refractivity contribution in [1.82, 2.24) is 5.32 Å². The van der Waals surface area contributed by atoms with E-state index in [1.54, 1.807) is 12.1 Å². The fourth-order valence-corrected chi connectivity index (χ4v) is 2.69. The number of rotatable bonds is 5. The molecule has 1 aromatic rings. The fraction of sp³-hybridized carbons (Fsp3) is 0.533. The third-order valence-corrected chi connectivity index (χ3v) is 3.33. The molecule has 0 aliphatic heterocycles. The van der Waals surface area contributed by atoms with Gasteiger partial charge in [0.15, 0.2) is 0 Å². The minimum absolute atomic E-state index is 0.00327. The van der Waals surface area contributed by atoms with Crippen molar-refractivity contribution in [2.75, 3.05) is 6.54 Å². The Bertz CT molecular complexity index is 519. The maximum Gasteiger partial charge on any atom is 0.404 e. The van der Waals surface area contributed by atoms with Crippen LogP contribution in [0.1, 0.15) is 39.7 Å². The Morgan fingerprint density at radius 3 is 2.14 bits per heavy atom. The van der Waals surface area contributed by atoms with Gasteiger partial charge in [0.25, 0.3) is 5.69 Å². The van der Waals surface area contributed by atoms with E-state index >= 15 is 0 Å². The van der Waals surface area contributed by atoms with Crippen molar-refractivity contribution in [2.45, 2.75) is 39.5 Å². The molecule has 1 aromatic carbocycles. The molecular formula is C15H22N2O4. The minimum Gasteiger partial charge on any atom is -0.465 e. The minimum atomic E-state index is -1.07. The summed E-state index contributed by atoms with van der Waals surface area (Å²) < 4.78 is 0. The van der Waals surface area contributed by atoms with Gasteiger partial charge in [-0.1, -0.05) is 39.8 Å². The zero-order valence-electron chi connectivity index (χ0n) is 12.8. The quantitative estimate of drug-likeness (QED) is 0.641. The predicted octanol–water partition coefficient (Wildman–Crippen LogP) is 3.56. The molecule has 0 aromatic heterocycles. The van der Waals surface area contributed by atoms with Crippen LogP contribution in [0.5, 0.6) is 0 Å². The number of carbonyl (C=O) groups is 1. The summed E-state index contributed by atoms with van der Waals surface area (Å²) in [6, 6.07) is 6.31. The predicted molar refractivity (Wildman–Crippen MR) is 80.5 cm³/mol. The smallest absolute Gasteiger partial charge is 0.404 e. The number of nitrogens with one attached hydrogen (secondary N) is 1. The van der Waals surface area contributed by atoms with Crippen LogP contribution in [0.3, 0.4) is 0 Å². The van der Waals surface area contributed by atoms with E-state index < -0.39 is 16.4 Å². The monoisotopic (exact) mass is 294 g/mol. The Balaban J connectivity index is 3.10. The van der Waals surface area contributed by atoms with E-state index in [0.717, 1.165) is 12.0 Å². The van der Waals surface area contributed by atoms with Gasteiger partial charge >= 0.3 is 6.09 Å². The Morgan fingerprint density at radius 1 is 1.24 bits per heavy atom. The highest BCUT2D eigenvalue weighted by molar-refractivity contribution is 5.64. The molecule has 0 fully saturated rings. The Kier molecular flexibility index (Phi) is 4.93. The number of amides is 1. The summed E-state index contributed by atoms with van der Waals surface area (Å²) in [6.45, 7) is 8.47. The lowest BCUT2D eigenvalue weighted by molar-refractivity contribution is -0.384. The van der Waals surface area contributed by atoms with Gasteiger partial charge < -0.3 is 10.4 Å². The summed E-state index contributed by atoms with van der Waals surface area (Å²) in [5.74, 6) is 0. The molecular weight excluding hydrogens is 272 g/mol. The molecule has 0 radical (unpaired) electrons. The first kappa shape index (κ1) is 16.9. The van der Waals surface area contributed by atoms with Gasteiger partial charge in [-0.3, -0.25) is 10.1 Å². The highest BCUT2D eigenvalue weighted by Gasteiger charge is 2.32. The molecule has 0 saturated heterocycles. The second-order valence-corrected chi connectivity index (χ2v) is 6.76. The Hall–Kier alpha value is -2.11. The number of benzene rings is 1. The molecule has 116 valence electrons. The van der Waals surface area contributed by atoms with Gasteiger partial charge in [0.2, 0.25) is 0 Å². The number of non-ortho nitro benzene ring substituents is 1. The summed E-state index contributed by atoms with van der Waals surface area (Å²) >= 11 is 0. The van der Waals surface area contributed by atoms with Crippen LogP contribution in [-0.2, 0) is 5.41 Å². The van der Waals surface area contributed by atoms with Crippen molar-refractivity contribution >= 4 is 11.8 Å². The Morgan fingerprint density at radius 2 is 1.76 bits per heavy atom. The SMILES string of the molecule is CC(C)(C)CC(C)(CNC(=O)O)c1ccc([N+](=O)[O-])cc1. The van der Waals surface area contributed by atoms with Gasteiger partial charge in [-0.15, -0.1) is 0 Å². The van der Waals surface area contributed by atoms with Gasteiger partial charge in [0.05, 0.1) is 4.92 Å². The molecule has 1 amide bonds. The van der Waals surface area contributed by atoms with Gasteiger partial charge in [0.1, 0.15) is 0 Å². The molecule has 1 unspecified atom stereocenters. The average Bonchev–Trinajstić information content (AvgIpc) is 2.34. The normalized spacial score (nSPS) is 14.3. The second-order valence-electron chi connectivity index (χ2n) is 6.76. The van der Waals surface area contributed by atoms with Crippen molar-refractivity contribution in [3.8, 4) is 0 Å². The highest BCUT2D eigenvalue weighted by Crippen LogP contribution is 2.36. The number of nitro benzene ring substituents is 1. The summed E-state index contributed by atoms with van der Waals surface area (Å²) in [5.41, 5.74) is 0.488. The van der Waals surface area contributed by atoms with E-state index in [4.69, 9.17) is 5.11 Å². The molecule has 0 saturated carbocycles. The Labute approximate surface area is 124 Å². The van der Waals surface area contributed by atoms with E-state index in [9.17, 15) is 14.9 Å². The molecule has 6 heteroatoms. The number of nitrogens with zero attached hydrogens (tertiary/aromatic N) is 1. The summed E-state index contributed by atoms with van der Waals surface area (Å²) in [7, 11) is 0. The molecule has 0 heterocycles. The van der Waals surface area contributed by atoms with Gasteiger partial charge in [-0.25, -0.2) is 4.79 Å². The zero-order valence-corrected chi connectivity index (χ0v) is 12.8. The number of hydrogen-bond donors (Lipinski definition) is 2. The zero-order chi connectivity index (χ0) is 16.3. The molecule has 1 rings (SSSR count). The van der Waals surface area contributed by atoms with Crippen LogP contribution < -0.4 is 5.32 Å². The number of hydrogen-bond acceptors (Lipinski definition) is 3. The average molecular weight is 294 g/mol. The van der Waals surface area contributed by atoms with Crippen molar-refractivity contribution in [2.24, 2.45) is 5.41 Å². The summed E-state index contributed by atoms with van der Waals surface area (Å²) in [6.07, 6.45) is -0.324. The number of carboxylic acid groups (broad SMARTS) is 1. The second kappa shape index (κ2) is 6.11. The molecule has 0 bridgehead atoms. The molecule has 21 heavy (non-hydrogen) atoms. The largest absolute Gasteiger partial charge is 0.465 e. The maximum atomic E-state index is 10.8. The summed E-state index contributed by atoms with van der Waals surface area (Å²) in [5, 5.41) is 22.0. The van der Waals surface area contributed by atoms with E-state index in [1.807, 2.05) is 6.92 Å². The molecule has 0 aliphatic rings. The molecule has 0 spiro atoms. The lowest BCUT2D eigenvalue weighted by Gasteiger charge is -2.36. The van der Waals surface area contributed by atoms with Crippen molar-refractivity contribution in [3.05, 3.63) is 39.9 Å². The molecule has 1 atom stereocenters. The van der Waals surface area contributed by atoms with E-state index in [2.05, 4.69) is 26.1 Å². The first-order chi connectivity index (χ1) is 9.53. The van der Waals surface area contributed by atoms with Gasteiger partial charge in [-0.05, 0) is 17.4 Å². The topological polar surface area (TPSA) is 92.5 Å². The van der Waals surface area contributed by atoms with Crippen LogP contribution in [0, 0.1) is 15.5 Å². The molecule has 2 N–H and O–H groups in total. The van der Waals surface area contributed by atoms with E-state index in [0.29, 0.717) is 0 Å². The van der Waals surface area contributed by atoms with Crippen molar-refractivity contribution in [3.63, 3.8) is 0 Å². The number of nitro groups is 1. The van der Waals surface area contributed by atoms with Crippen molar-refractivity contribution in [1.29, 1.82) is 0 Å². The standard InChI is InChI=1S/C15H22N2O4/c1-14(2,3)9-15(4,10-16-13(18)19)11-5-7-12(8-6-11)17(20)21/h5-8,16H,9-10H2,1-4H3,(H,18,19). The maximum absolute atomic E-state index is 10.8.